The van der Waals surface area contributed by atoms with Crippen LogP contribution in [0.1, 0.15) is 32.3 Å². The fourth-order valence-corrected chi connectivity index (χ4v) is 4.09. The predicted molar refractivity (Wildman–Crippen MR) is 123 cm³/mol. The molecular formula is C23H28N6O2. The molecule has 8 heteroatoms. The normalized spacial score (nSPS) is 14.6. The van der Waals surface area contributed by atoms with Gasteiger partial charge in [0.15, 0.2) is 11.5 Å². The van der Waals surface area contributed by atoms with E-state index in [-0.39, 0.29) is 17.6 Å². The first-order chi connectivity index (χ1) is 15.1. The van der Waals surface area contributed by atoms with E-state index in [9.17, 15) is 9.59 Å². The molecule has 1 aromatic carbocycles. The zero-order valence-electron chi connectivity index (χ0n) is 18.0. The summed E-state index contributed by atoms with van der Waals surface area (Å²) < 4.78 is 1.67. The zero-order valence-corrected chi connectivity index (χ0v) is 18.0. The van der Waals surface area contributed by atoms with E-state index in [1.165, 1.54) is 0 Å². The van der Waals surface area contributed by atoms with Crippen LogP contribution in [0, 0.1) is 0 Å². The Hall–Kier alpha value is -3.42. The molecule has 0 unspecified atom stereocenters. The first-order valence-corrected chi connectivity index (χ1v) is 10.9. The van der Waals surface area contributed by atoms with Crippen molar-refractivity contribution in [3.05, 3.63) is 58.5 Å². The molecule has 1 aliphatic heterocycles. The number of piperidine rings is 1. The SMILES string of the molecule is CCc1ccccc1NC(=O)NC1CCN(c2nc3cccnc3n(CC)c2=O)CC1. The maximum atomic E-state index is 13.0. The molecule has 0 atom stereocenters. The van der Waals surface area contributed by atoms with Crippen LogP contribution < -0.4 is 21.1 Å². The van der Waals surface area contributed by atoms with Gasteiger partial charge in [-0.25, -0.2) is 14.8 Å². The van der Waals surface area contributed by atoms with E-state index in [0.29, 0.717) is 36.6 Å². The number of pyridine rings is 1. The molecular weight excluding hydrogens is 392 g/mol. The molecule has 0 aliphatic carbocycles. The first-order valence-electron chi connectivity index (χ1n) is 10.9. The number of amides is 2. The topological polar surface area (TPSA) is 92.2 Å². The summed E-state index contributed by atoms with van der Waals surface area (Å²) in [5.74, 6) is 0.460. The van der Waals surface area contributed by atoms with Crippen LogP contribution in [0.2, 0.25) is 0 Å². The van der Waals surface area contributed by atoms with Gasteiger partial charge in [-0.2, -0.15) is 0 Å². The van der Waals surface area contributed by atoms with Gasteiger partial charge in [0.25, 0.3) is 5.56 Å². The van der Waals surface area contributed by atoms with Crippen LogP contribution in [0.4, 0.5) is 16.3 Å². The number of para-hydroxylation sites is 1. The summed E-state index contributed by atoms with van der Waals surface area (Å²) in [6.07, 6.45) is 4.04. The first kappa shape index (κ1) is 20.8. The molecule has 0 saturated carbocycles. The summed E-state index contributed by atoms with van der Waals surface area (Å²) in [5, 5.41) is 6.03. The molecule has 1 aliphatic rings. The Morgan fingerprint density at radius 3 is 2.65 bits per heavy atom. The van der Waals surface area contributed by atoms with Crippen molar-refractivity contribution < 1.29 is 4.79 Å². The zero-order chi connectivity index (χ0) is 21.8. The highest BCUT2D eigenvalue weighted by Crippen LogP contribution is 2.19. The van der Waals surface area contributed by atoms with Crippen molar-refractivity contribution in [3.8, 4) is 0 Å². The van der Waals surface area contributed by atoms with Gasteiger partial charge >= 0.3 is 6.03 Å². The summed E-state index contributed by atoms with van der Waals surface area (Å²) in [5.41, 5.74) is 3.16. The molecule has 162 valence electrons. The quantitative estimate of drug-likeness (QED) is 0.662. The van der Waals surface area contributed by atoms with Gasteiger partial charge in [0.05, 0.1) is 0 Å². The van der Waals surface area contributed by atoms with E-state index in [1.807, 2.05) is 48.2 Å². The number of aromatic nitrogens is 3. The number of fused-ring (bicyclic) bond motifs is 1. The standard InChI is InChI=1S/C23H28N6O2/c1-3-16-8-5-6-9-18(16)27-23(31)25-17-11-14-28(15-12-17)21-22(30)29(4-2)20-19(26-21)10-7-13-24-20/h5-10,13,17H,3-4,11-12,14-15H2,1-2H3,(H2,25,27,31). The maximum Gasteiger partial charge on any atom is 0.319 e. The van der Waals surface area contributed by atoms with Crippen molar-refractivity contribution in [2.75, 3.05) is 23.3 Å². The minimum atomic E-state index is -0.192. The van der Waals surface area contributed by atoms with Crippen molar-refractivity contribution in [2.24, 2.45) is 0 Å². The van der Waals surface area contributed by atoms with Gasteiger partial charge in [-0.3, -0.25) is 9.36 Å². The molecule has 1 saturated heterocycles. The summed E-state index contributed by atoms with van der Waals surface area (Å²) >= 11 is 0. The molecule has 31 heavy (non-hydrogen) atoms. The molecule has 3 heterocycles. The Kier molecular flexibility index (Phi) is 6.16. The van der Waals surface area contributed by atoms with Crippen molar-refractivity contribution in [3.63, 3.8) is 0 Å². The summed E-state index contributed by atoms with van der Waals surface area (Å²) in [6, 6.07) is 11.4. The summed E-state index contributed by atoms with van der Waals surface area (Å²) in [6.45, 7) is 5.87. The van der Waals surface area contributed by atoms with Crippen molar-refractivity contribution in [1.29, 1.82) is 0 Å². The van der Waals surface area contributed by atoms with Crippen LogP contribution in [-0.2, 0) is 13.0 Å². The van der Waals surface area contributed by atoms with Crippen LogP contribution >= 0.6 is 0 Å². The number of benzene rings is 1. The Bertz CT molecular complexity index is 1130. The lowest BCUT2D eigenvalue weighted by atomic mass is 10.1. The maximum absolute atomic E-state index is 13.0. The average molecular weight is 421 g/mol. The molecule has 2 amide bonds. The number of carbonyl (C=O) groups excluding carboxylic acids is 1. The highest BCUT2D eigenvalue weighted by atomic mass is 16.2. The molecule has 8 nitrogen and oxygen atoms in total. The summed E-state index contributed by atoms with van der Waals surface area (Å²) in [7, 11) is 0. The largest absolute Gasteiger partial charge is 0.352 e. The fraction of sp³-hybridized carbons (Fsp3) is 0.391. The van der Waals surface area contributed by atoms with E-state index in [2.05, 4.69) is 27.5 Å². The number of hydrogen-bond donors (Lipinski definition) is 2. The number of nitrogens with one attached hydrogen (secondary N) is 2. The number of aryl methyl sites for hydroxylation is 2. The molecule has 0 radical (unpaired) electrons. The van der Waals surface area contributed by atoms with Crippen LogP contribution in [0.25, 0.3) is 11.2 Å². The second kappa shape index (κ2) is 9.16. The lowest BCUT2D eigenvalue weighted by Crippen LogP contribution is -2.47. The Labute approximate surface area is 181 Å². The van der Waals surface area contributed by atoms with Crippen LogP contribution in [0.3, 0.4) is 0 Å². The lowest BCUT2D eigenvalue weighted by molar-refractivity contribution is 0.246. The summed E-state index contributed by atoms with van der Waals surface area (Å²) in [4.78, 5) is 36.4. The average Bonchev–Trinajstić information content (AvgIpc) is 2.79. The Balaban J connectivity index is 1.42. The second-order valence-electron chi connectivity index (χ2n) is 7.70. The minimum absolute atomic E-state index is 0.0561. The van der Waals surface area contributed by atoms with Crippen LogP contribution in [-0.4, -0.2) is 39.7 Å². The van der Waals surface area contributed by atoms with Gasteiger partial charge in [0.2, 0.25) is 0 Å². The molecule has 0 bridgehead atoms. The van der Waals surface area contributed by atoms with Crippen molar-refractivity contribution >= 4 is 28.7 Å². The van der Waals surface area contributed by atoms with E-state index < -0.39 is 0 Å². The third-order valence-corrected chi connectivity index (χ3v) is 5.78. The molecule has 2 aromatic heterocycles. The number of hydrogen-bond acceptors (Lipinski definition) is 5. The molecule has 3 aromatic rings. The molecule has 1 fully saturated rings. The third kappa shape index (κ3) is 4.38. The van der Waals surface area contributed by atoms with E-state index >= 15 is 0 Å². The number of anilines is 2. The van der Waals surface area contributed by atoms with Crippen LogP contribution in [0.5, 0.6) is 0 Å². The lowest BCUT2D eigenvalue weighted by Gasteiger charge is -2.33. The van der Waals surface area contributed by atoms with Gasteiger partial charge in [-0.1, -0.05) is 25.1 Å². The fourth-order valence-electron chi connectivity index (χ4n) is 4.09. The second-order valence-corrected chi connectivity index (χ2v) is 7.70. The molecule has 2 N–H and O–H groups in total. The van der Waals surface area contributed by atoms with Crippen molar-refractivity contribution in [1.82, 2.24) is 19.9 Å². The monoisotopic (exact) mass is 420 g/mol. The van der Waals surface area contributed by atoms with Gasteiger partial charge in [-0.05, 0) is 49.9 Å². The van der Waals surface area contributed by atoms with Gasteiger partial charge in [-0.15, -0.1) is 0 Å². The number of nitrogens with zero attached hydrogens (tertiary/aromatic N) is 4. The minimum Gasteiger partial charge on any atom is -0.352 e. The number of rotatable bonds is 5. The number of carbonyl (C=O) groups is 1. The highest BCUT2D eigenvalue weighted by molar-refractivity contribution is 5.90. The van der Waals surface area contributed by atoms with Gasteiger partial charge in [0.1, 0.15) is 5.52 Å². The highest BCUT2D eigenvalue weighted by Gasteiger charge is 2.24. The van der Waals surface area contributed by atoms with E-state index in [1.54, 1.807) is 10.8 Å². The Morgan fingerprint density at radius 1 is 1.13 bits per heavy atom. The smallest absolute Gasteiger partial charge is 0.319 e. The molecule has 4 rings (SSSR count). The van der Waals surface area contributed by atoms with E-state index in [4.69, 9.17) is 0 Å². The predicted octanol–water partition coefficient (Wildman–Crippen LogP) is 3.16. The molecule has 0 spiro atoms. The van der Waals surface area contributed by atoms with E-state index in [0.717, 1.165) is 30.5 Å². The van der Waals surface area contributed by atoms with Crippen molar-refractivity contribution in [2.45, 2.75) is 45.7 Å². The number of urea groups is 1. The third-order valence-electron chi connectivity index (χ3n) is 5.78. The van der Waals surface area contributed by atoms with Crippen LogP contribution in [0.15, 0.2) is 47.4 Å². The Morgan fingerprint density at radius 2 is 1.90 bits per heavy atom. The van der Waals surface area contributed by atoms with Gasteiger partial charge in [0, 0.05) is 37.6 Å². The van der Waals surface area contributed by atoms with Gasteiger partial charge < -0.3 is 15.5 Å².